The van der Waals surface area contributed by atoms with Gasteiger partial charge in [-0.1, -0.05) is 68.4 Å². The van der Waals surface area contributed by atoms with Crippen molar-refractivity contribution in [2.75, 3.05) is 13.2 Å². The van der Waals surface area contributed by atoms with Crippen LogP contribution in [0.3, 0.4) is 0 Å². The summed E-state index contributed by atoms with van der Waals surface area (Å²) in [5, 5.41) is 0. The molecule has 7 heteroatoms. The van der Waals surface area contributed by atoms with Crippen molar-refractivity contribution < 1.29 is 26.9 Å². The van der Waals surface area contributed by atoms with E-state index in [4.69, 9.17) is 9.31 Å². The topological polar surface area (TPSA) is 18.5 Å². The quantitative estimate of drug-likeness (QED) is 0.592. The average Bonchev–Trinajstić information content (AvgIpc) is 2.62. The van der Waals surface area contributed by atoms with Crippen molar-refractivity contribution in [3.05, 3.63) is 65.7 Å². The van der Waals surface area contributed by atoms with Gasteiger partial charge in [0.25, 0.3) is 0 Å². The Morgan fingerprint density at radius 1 is 0.769 bits per heavy atom. The second-order valence-corrected chi connectivity index (χ2v) is 7.25. The van der Waals surface area contributed by atoms with E-state index < -0.39 is 30.1 Å². The predicted octanol–water partition coefficient (Wildman–Crippen LogP) is 4.34. The number of hydrogen-bond acceptors (Lipinski definition) is 2. The van der Waals surface area contributed by atoms with Crippen molar-refractivity contribution in [2.45, 2.75) is 25.7 Å². The van der Waals surface area contributed by atoms with E-state index in [1.807, 2.05) is 13.8 Å². The highest BCUT2D eigenvalue weighted by Crippen LogP contribution is 2.49. The number of rotatable bonds is 4. The van der Waals surface area contributed by atoms with Crippen LogP contribution in [0.5, 0.6) is 0 Å². The van der Waals surface area contributed by atoms with Crippen molar-refractivity contribution >= 4 is 12.6 Å². The fourth-order valence-corrected chi connectivity index (χ4v) is 2.74. The molecule has 138 valence electrons. The van der Waals surface area contributed by atoms with Crippen LogP contribution in [0.25, 0.3) is 0 Å². The van der Waals surface area contributed by atoms with E-state index in [0.717, 1.165) is 24.3 Å². The molecule has 1 aliphatic rings. The zero-order valence-electron chi connectivity index (χ0n) is 14.5. The van der Waals surface area contributed by atoms with Crippen molar-refractivity contribution in [1.82, 2.24) is 0 Å². The maximum Gasteiger partial charge on any atom is 0.493 e. The summed E-state index contributed by atoms with van der Waals surface area (Å²) < 4.78 is 68.9. The fraction of sp³-hybridized carbons (Fsp3) is 0.368. The summed E-state index contributed by atoms with van der Waals surface area (Å²) >= 11 is 0. The zero-order valence-corrected chi connectivity index (χ0v) is 14.5. The Kier molecular flexibility index (Phi) is 4.88. The molecule has 2 aromatic carbocycles. The van der Waals surface area contributed by atoms with Gasteiger partial charge in [0.2, 0.25) is 0 Å². The highest BCUT2D eigenvalue weighted by atomic mass is 19.3. The standard InChI is InChI=1S/C19H19BF4O2/c1-17(2)12-25-20(26-13-17)16-10-8-15(9-11-16)19(23,24)18(21,22)14-6-4-3-5-7-14/h3-11H,12-13H2,1-2H3. The first-order valence-electron chi connectivity index (χ1n) is 8.28. The van der Waals surface area contributed by atoms with E-state index in [1.165, 1.54) is 30.3 Å². The third-order valence-electron chi connectivity index (χ3n) is 4.33. The molecule has 1 fully saturated rings. The molecule has 0 radical (unpaired) electrons. The van der Waals surface area contributed by atoms with Crippen LogP contribution in [0, 0.1) is 5.41 Å². The summed E-state index contributed by atoms with van der Waals surface area (Å²) in [7, 11) is -0.680. The highest BCUT2D eigenvalue weighted by molar-refractivity contribution is 6.61. The normalized spacial score (nSPS) is 18.0. The number of halogens is 4. The van der Waals surface area contributed by atoms with Gasteiger partial charge in [0, 0.05) is 29.8 Å². The largest absolute Gasteiger partial charge is 0.493 e. The summed E-state index contributed by atoms with van der Waals surface area (Å²) in [4.78, 5) is 0. The van der Waals surface area contributed by atoms with E-state index in [-0.39, 0.29) is 5.41 Å². The monoisotopic (exact) mass is 366 g/mol. The average molecular weight is 366 g/mol. The van der Waals surface area contributed by atoms with Crippen LogP contribution in [0.15, 0.2) is 54.6 Å². The Morgan fingerprint density at radius 2 is 1.23 bits per heavy atom. The molecule has 2 aromatic rings. The number of alkyl halides is 4. The molecular formula is C19H19BF4O2. The Labute approximate surface area is 150 Å². The smallest absolute Gasteiger partial charge is 0.407 e. The Hall–Kier alpha value is -1.86. The Morgan fingerprint density at radius 3 is 1.73 bits per heavy atom. The highest BCUT2D eigenvalue weighted by Gasteiger charge is 2.58. The summed E-state index contributed by atoms with van der Waals surface area (Å²) in [5.74, 6) is -8.67. The predicted molar refractivity (Wildman–Crippen MR) is 91.7 cm³/mol. The van der Waals surface area contributed by atoms with Crippen molar-refractivity contribution in [3.8, 4) is 0 Å². The van der Waals surface area contributed by atoms with Gasteiger partial charge in [-0.3, -0.25) is 0 Å². The van der Waals surface area contributed by atoms with Gasteiger partial charge < -0.3 is 9.31 Å². The van der Waals surface area contributed by atoms with Gasteiger partial charge in [-0.15, -0.1) is 0 Å². The molecule has 0 spiro atoms. The van der Waals surface area contributed by atoms with Crippen molar-refractivity contribution in [2.24, 2.45) is 5.41 Å². The maximum absolute atomic E-state index is 14.5. The third-order valence-corrected chi connectivity index (χ3v) is 4.33. The lowest BCUT2D eigenvalue weighted by atomic mass is 9.75. The molecule has 0 saturated carbocycles. The molecule has 0 aliphatic carbocycles. The molecule has 0 aromatic heterocycles. The van der Waals surface area contributed by atoms with Crippen molar-refractivity contribution in [1.29, 1.82) is 0 Å². The number of hydrogen-bond donors (Lipinski definition) is 0. The van der Waals surface area contributed by atoms with Gasteiger partial charge in [-0.25, -0.2) is 0 Å². The van der Waals surface area contributed by atoms with E-state index in [2.05, 4.69) is 0 Å². The lowest BCUT2D eigenvalue weighted by Gasteiger charge is -2.33. The molecule has 0 amide bonds. The molecule has 3 rings (SSSR count). The molecule has 1 saturated heterocycles. The van der Waals surface area contributed by atoms with Crippen LogP contribution in [-0.4, -0.2) is 20.3 Å². The van der Waals surface area contributed by atoms with Crippen LogP contribution in [0.4, 0.5) is 17.6 Å². The van der Waals surface area contributed by atoms with Gasteiger partial charge in [-0.2, -0.15) is 17.6 Å². The third kappa shape index (κ3) is 3.51. The van der Waals surface area contributed by atoms with Crippen LogP contribution in [0.2, 0.25) is 0 Å². The fourth-order valence-electron chi connectivity index (χ4n) is 2.74. The Bertz CT molecular complexity index is 738. The molecule has 0 N–H and O–H groups in total. The molecule has 1 aliphatic heterocycles. The van der Waals surface area contributed by atoms with E-state index in [9.17, 15) is 17.6 Å². The van der Waals surface area contributed by atoms with Crippen LogP contribution < -0.4 is 5.46 Å². The second-order valence-electron chi connectivity index (χ2n) is 7.25. The van der Waals surface area contributed by atoms with E-state index in [1.54, 1.807) is 0 Å². The summed E-state index contributed by atoms with van der Waals surface area (Å²) in [5.41, 5.74) is -1.09. The van der Waals surface area contributed by atoms with Crippen LogP contribution in [-0.2, 0) is 21.2 Å². The Balaban J connectivity index is 1.81. The molecular weight excluding hydrogens is 347 g/mol. The first-order chi connectivity index (χ1) is 12.1. The van der Waals surface area contributed by atoms with Gasteiger partial charge in [-0.05, 0) is 5.46 Å². The summed E-state index contributed by atoms with van der Waals surface area (Å²) in [6.07, 6.45) is 0. The maximum atomic E-state index is 14.5. The summed E-state index contributed by atoms with van der Waals surface area (Å²) in [6.45, 7) is 4.89. The first-order valence-corrected chi connectivity index (χ1v) is 8.28. The molecule has 26 heavy (non-hydrogen) atoms. The summed E-state index contributed by atoms with van der Waals surface area (Å²) in [6, 6.07) is 10.8. The molecule has 0 bridgehead atoms. The molecule has 2 nitrogen and oxygen atoms in total. The molecule has 1 heterocycles. The zero-order chi connectivity index (χ0) is 19.0. The SMILES string of the molecule is CC1(C)COB(c2ccc(C(F)(F)C(F)(F)c3ccccc3)cc2)OC1. The minimum absolute atomic E-state index is 0.124. The first kappa shape index (κ1) is 18.9. The van der Waals surface area contributed by atoms with Crippen LogP contribution >= 0.6 is 0 Å². The van der Waals surface area contributed by atoms with Gasteiger partial charge >= 0.3 is 19.0 Å². The number of benzene rings is 2. The van der Waals surface area contributed by atoms with E-state index in [0.29, 0.717) is 18.7 Å². The lowest BCUT2D eigenvalue weighted by Crippen LogP contribution is -2.47. The molecule has 0 atom stereocenters. The lowest BCUT2D eigenvalue weighted by molar-refractivity contribution is -0.223. The minimum atomic E-state index is -4.34. The van der Waals surface area contributed by atoms with Gasteiger partial charge in [0.05, 0.1) is 0 Å². The van der Waals surface area contributed by atoms with Gasteiger partial charge in [0.1, 0.15) is 0 Å². The minimum Gasteiger partial charge on any atom is -0.407 e. The van der Waals surface area contributed by atoms with Gasteiger partial charge in [0.15, 0.2) is 0 Å². The van der Waals surface area contributed by atoms with Crippen molar-refractivity contribution in [3.63, 3.8) is 0 Å². The van der Waals surface area contributed by atoms with E-state index >= 15 is 0 Å². The van der Waals surface area contributed by atoms with Crippen LogP contribution in [0.1, 0.15) is 25.0 Å². The second kappa shape index (κ2) is 6.70. The molecule has 0 unspecified atom stereocenters.